The molecular weight excluding hydrogens is 328 g/mol. The summed E-state index contributed by atoms with van der Waals surface area (Å²) < 4.78 is 2.10. The Morgan fingerprint density at radius 3 is 2.81 bits per heavy atom. The summed E-state index contributed by atoms with van der Waals surface area (Å²) in [6, 6.07) is 7.78. The number of hydrogen-bond donors (Lipinski definition) is 2. The molecule has 136 valence electrons. The first-order chi connectivity index (χ1) is 12.7. The van der Waals surface area contributed by atoms with Gasteiger partial charge in [-0.05, 0) is 44.0 Å². The third-order valence-electron chi connectivity index (χ3n) is 4.28. The van der Waals surface area contributed by atoms with Gasteiger partial charge in [0.1, 0.15) is 11.3 Å². The first-order valence-electron chi connectivity index (χ1n) is 8.95. The molecule has 0 radical (unpaired) electrons. The van der Waals surface area contributed by atoms with Gasteiger partial charge in [-0.1, -0.05) is 6.92 Å². The van der Waals surface area contributed by atoms with E-state index in [1.165, 1.54) is 0 Å². The van der Waals surface area contributed by atoms with Crippen LogP contribution in [-0.4, -0.2) is 38.1 Å². The molecule has 7 nitrogen and oxygen atoms in total. The van der Waals surface area contributed by atoms with Crippen molar-refractivity contribution in [3.8, 4) is 11.4 Å². The SMILES string of the molecule is CCC(C)NC(=O)NCCCn1c(-c2ccncc2)nc2cccnc21. The van der Waals surface area contributed by atoms with Gasteiger partial charge in [-0.15, -0.1) is 0 Å². The smallest absolute Gasteiger partial charge is 0.314 e. The van der Waals surface area contributed by atoms with E-state index in [1.807, 2.05) is 38.1 Å². The quantitative estimate of drug-likeness (QED) is 0.640. The zero-order valence-electron chi connectivity index (χ0n) is 15.1. The molecule has 3 rings (SSSR count). The predicted molar refractivity (Wildman–Crippen MR) is 102 cm³/mol. The second-order valence-corrected chi connectivity index (χ2v) is 6.23. The molecule has 2 amide bonds. The van der Waals surface area contributed by atoms with Gasteiger partial charge >= 0.3 is 6.03 Å². The highest BCUT2D eigenvalue weighted by molar-refractivity contribution is 5.77. The van der Waals surface area contributed by atoms with Crippen LogP contribution in [0.15, 0.2) is 42.9 Å². The van der Waals surface area contributed by atoms with E-state index in [9.17, 15) is 4.79 Å². The summed E-state index contributed by atoms with van der Waals surface area (Å²) in [5, 5.41) is 5.81. The molecule has 1 atom stereocenters. The first-order valence-corrected chi connectivity index (χ1v) is 8.95. The monoisotopic (exact) mass is 352 g/mol. The van der Waals surface area contributed by atoms with E-state index in [1.54, 1.807) is 18.6 Å². The summed E-state index contributed by atoms with van der Waals surface area (Å²) in [5.41, 5.74) is 2.71. The van der Waals surface area contributed by atoms with Crippen molar-refractivity contribution in [3.05, 3.63) is 42.9 Å². The summed E-state index contributed by atoms with van der Waals surface area (Å²) >= 11 is 0. The highest BCUT2D eigenvalue weighted by Crippen LogP contribution is 2.23. The van der Waals surface area contributed by atoms with Gasteiger partial charge in [0.05, 0.1) is 0 Å². The Morgan fingerprint density at radius 1 is 1.23 bits per heavy atom. The Morgan fingerprint density at radius 2 is 2.04 bits per heavy atom. The molecule has 3 heterocycles. The summed E-state index contributed by atoms with van der Waals surface area (Å²) in [6.07, 6.45) is 6.98. The molecule has 3 aromatic rings. The summed E-state index contributed by atoms with van der Waals surface area (Å²) in [4.78, 5) is 25.1. The Balaban J connectivity index is 1.70. The number of carbonyl (C=O) groups is 1. The molecule has 0 saturated heterocycles. The third-order valence-corrected chi connectivity index (χ3v) is 4.28. The molecule has 0 spiro atoms. The number of aryl methyl sites for hydroxylation is 1. The number of urea groups is 1. The number of imidazole rings is 1. The topological polar surface area (TPSA) is 84.7 Å². The predicted octanol–water partition coefficient (Wildman–Crippen LogP) is 2.98. The van der Waals surface area contributed by atoms with Crippen LogP contribution in [0.4, 0.5) is 4.79 Å². The van der Waals surface area contributed by atoms with Crippen molar-refractivity contribution in [2.75, 3.05) is 6.54 Å². The lowest BCUT2D eigenvalue weighted by Crippen LogP contribution is -2.40. The lowest BCUT2D eigenvalue weighted by Gasteiger charge is -2.13. The molecule has 1 unspecified atom stereocenters. The highest BCUT2D eigenvalue weighted by atomic mass is 16.2. The Labute approximate surface area is 152 Å². The van der Waals surface area contributed by atoms with Gasteiger partial charge < -0.3 is 15.2 Å². The van der Waals surface area contributed by atoms with E-state index in [2.05, 4.69) is 25.2 Å². The van der Waals surface area contributed by atoms with E-state index in [-0.39, 0.29) is 12.1 Å². The fourth-order valence-corrected chi connectivity index (χ4v) is 2.71. The van der Waals surface area contributed by atoms with Crippen molar-refractivity contribution in [2.45, 2.75) is 39.3 Å². The minimum atomic E-state index is -0.123. The molecule has 2 N–H and O–H groups in total. The largest absolute Gasteiger partial charge is 0.338 e. The number of nitrogens with one attached hydrogen (secondary N) is 2. The fourth-order valence-electron chi connectivity index (χ4n) is 2.71. The standard InChI is InChI=1S/C19H24N6O/c1-3-14(2)23-19(26)22-10-5-13-25-17(15-7-11-20-12-8-15)24-16-6-4-9-21-18(16)25/h4,6-9,11-12,14H,3,5,10,13H2,1-2H3,(H2,22,23,26). The second-order valence-electron chi connectivity index (χ2n) is 6.23. The molecule has 0 aromatic carbocycles. The maximum Gasteiger partial charge on any atom is 0.314 e. The van der Waals surface area contributed by atoms with Crippen LogP contribution in [0.5, 0.6) is 0 Å². The lowest BCUT2D eigenvalue weighted by molar-refractivity contribution is 0.237. The number of aromatic nitrogens is 4. The highest BCUT2D eigenvalue weighted by Gasteiger charge is 2.13. The molecule has 7 heteroatoms. The molecule has 0 bridgehead atoms. The van der Waals surface area contributed by atoms with Crippen LogP contribution in [-0.2, 0) is 6.54 Å². The number of fused-ring (bicyclic) bond motifs is 1. The molecular formula is C19H24N6O. The summed E-state index contributed by atoms with van der Waals surface area (Å²) in [7, 11) is 0. The van der Waals surface area contributed by atoms with Crippen LogP contribution in [0.3, 0.4) is 0 Å². The normalized spacial score (nSPS) is 12.1. The van der Waals surface area contributed by atoms with Crippen LogP contribution < -0.4 is 10.6 Å². The van der Waals surface area contributed by atoms with Gasteiger partial charge in [-0.3, -0.25) is 4.98 Å². The Kier molecular flexibility index (Phi) is 5.78. The molecule has 3 aromatic heterocycles. The van der Waals surface area contributed by atoms with E-state index in [0.717, 1.165) is 41.9 Å². The fraction of sp³-hybridized carbons (Fsp3) is 0.368. The number of pyridine rings is 2. The first kappa shape index (κ1) is 17.8. The molecule has 26 heavy (non-hydrogen) atoms. The molecule has 0 aliphatic rings. The minimum absolute atomic E-state index is 0.123. The Hall–Kier alpha value is -2.96. The van der Waals surface area contributed by atoms with Crippen LogP contribution in [0.25, 0.3) is 22.6 Å². The number of nitrogens with zero attached hydrogens (tertiary/aromatic N) is 4. The molecule has 0 fully saturated rings. The Bertz CT molecular complexity index is 861. The van der Waals surface area contributed by atoms with Crippen molar-refractivity contribution in [1.29, 1.82) is 0 Å². The maximum absolute atomic E-state index is 11.8. The zero-order valence-corrected chi connectivity index (χ0v) is 15.1. The number of rotatable bonds is 7. The van der Waals surface area contributed by atoms with Gasteiger partial charge in [0.2, 0.25) is 0 Å². The van der Waals surface area contributed by atoms with E-state index in [0.29, 0.717) is 6.54 Å². The van der Waals surface area contributed by atoms with Gasteiger partial charge in [-0.2, -0.15) is 0 Å². The van der Waals surface area contributed by atoms with Gasteiger partial charge in [0, 0.05) is 43.3 Å². The van der Waals surface area contributed by atoms with Gasteiger partial charge in [-0.25, -0.2) is 14.8 Å². The van der Waals surface area contributed by atoms with Crippen molar-refractivity contribution in [3.63, 3.8) is 0 Å². The van der Waals surface area contributed by atoms with Crippen molar-refractivity contribution >= 4 is 17.2 Å². The number of carbonyl (C=O) groups excluding carboxylic acids is 1. The number of amides is 2. The van der Waals surface area contributed by atoms with Crippen LogP contribution in [0.1, 0.15) is 26.7 Å². The zero-order chi connectivity index (χ0) is 18.4. The van der Waals surface area contributed by atoms with E-state index in [4.69, 9.17) is 4.98 Å². The molecule has 0 aliphatic carbocycles. The van der Waals surface area contributed by atoms with Crippen LogP contribution in [0, 0.1) is 0 Å². The third kappa shape index (κ3) is 4.17. The van der Waals surface area contributed by atoms with Gasteiger partial charge in [0.15, 0.2) is 5.65 Å². The second kappa shape index (κ2) is 8.42. The minimum Gasteiger partial charge on any atom is -0.338 e. The van der Waals surface area contributed by atoms with Crippen molar-refractivity contribution in [2.24, 2.45) is 0 Å². The van der Waals surface area contributed by atoms with E-state index >= 15 is 0 Å². The summed E-state index contributed by atoms with van der Waals surface area (Å²) in [5.74, 6) is 0.866. The van der Waals surface area contributed by atoms with E-state index < -0.39 is 0 Å². The van der Waals surface area contributed by atoms with Crippen LogP contribution >= 0.6 is 0 Å². The lowest BCUT2D eigenvalue weighted by atomic mass is 10.2. The van der Waals surface area contributed by atoms with Gasteiger partial charge in [0.25, 0.3) is 0 Å². The van der Waals surface area contributed by atoms with Crippen molar-refractivity contribution < 1.29 is 4.79 Å². The maximum atomic E-state index is 11.8. The molecule has 0 saturated carbocycles. The number of hydrogen-bond acceptors (Lipinski definition) is 4. The molecule has 0 aliphatic heterocycles. The average Bonchev–Trinajstić information content (AvgIpc) is 3.04. The average molecular weight is 352 g/mol. The van der Waals surface area contributed by atoms with Crippen LogP contribution in [0.2, 0.25) is 0 Å². The summed E-state index contributed by atoms with van der Waals surface area (Å²) in [6.45, 7) is 5.34. The van der Waals surface area contributed by atoms with Crippen molar-refractivity contribution in [1.82, 2.24) is 30.2 Å².